The Labute approximate surface area is 222 Å². The molecule has 2 amide bonds. The highest BCUT2D eigenvalue weighted by Gasteiger charge is 2.53. The number of nitrogens with two attached hydrogens (primary N) is 1. The maximum atomic E-state index is 13.1. The van der Waals surface area contributed by atoms with Gasteiger partial charge in [-0.15, -0.1) is 11.8 Å². The van der Waals surface area contributed by atoms with E-state index >= 15 is 0 Å². The van der Waals surface area contributed by atoms with Gasteiger partial charge in [0.2, 0.25) is 0 Å². The summed E-state index contributed by atoms with van der Waals surface area (Å²) in [7, 11) is 1.24. The molecule has 192 valence electrons. The SMILES string of the molecule is CO/N=C(/C(=O)N[C@@H]1C(=O)N2C(C(=O)[O-])=C(C[n+]3cnn4c(C)cccc43)CS[C@H]12)c1nc(N)sc1Cl. The second-order valence-electron chi connectivity index (χ2n) is 8.09. The monoisotopic (exact) mass is 562 g/mol. The quantitative estimate of drug-likeness (QED) is 0.160. The number of nitrogen functional groups attached to an aromatic ring is 1. The highest BCUT2D eigenvalue weighted by Crippen LogP contribution is 2.40. The standard InChI is InChI=1S/C21H19ClN8O5S2/c1-9-4-3-5-11-28(8-24-30(9)11)6-10-7-36-19-14(18(32)29(19)15(10)20(33)34)25-17(31)13(27-35-2)12-16(22)37-21(23)26-12/h3-5,8,14,19H,6-7H2,1-2H3,(H3-,23,25,26,31,33,34)/b27-13+/t14-,19-/m1/s1. The van der Waals surface area contributed by atoms with E-state index in [2.05, 4.69) is 20.6 Å². The van der Waals surface area contributed by atoms with Crippen molar-refractivity contribution in [1.82, 2.24) is 24.8 Å². The van der Waals surface area contributed by atoms with E-state index < -0.39 is 29.2 Å². The van der Waals surface area contributed by atoms with Crippen LogP contribution < -0.4 is 20.7 Å². The first kappa shape index (κ1) is 25.0. The molecule has 0 radical (unpaired) electrons. The molecular weight excluding hydrogens is 544 g/mol. The second kappa shape index (κ2) is 9.64. The predicted octanol–water partition coefficient (Wildman–Crippen LogP) is -0.923. The number of nitrogens with zero attached hydrogens (tertiary/aromatic N) is 6. The maximum absolute atomic E-state index is 13.1. The largest absolute Gasteiger partial charge is 0.543 e. The number of carboxylic acids is 1. The number of aliphatic carboxylic acids is 1. The molecule has 5 heterocycles. The number of aryl methyl sites for hydroxylation is 1. The van der Waals surface area contributed by atoms with E-state index in [4.69, 9.17) is 22.2 Å². The smallest absolute Gasteiger partial charge is 0.276 e. The lowest BCUT2D eigenvalue weighted by atomic mass is 10.0. The first-order valence-electron chi connectivity index (χ1n) is 10.8. The Hall–Kier alpha value is -3.69. The van der Waals surface area contributed by atoms with Gasteiger partial charge >= 0.3 is 0 Å². The summed E-state index contributed by atoms with van der Waals surface area (Å²) in [5, 5.41) is 22.2. The summed E-state index contributed by atoms with van der Waals surface area (Å²) in [6, 6.07) is 4.64. The molecule has 3 N–H and O–H groups in total. The molecule has 0 aromatic carbocycles. The third-order valence-electron chi connectivity index (χ3n) is 5.85. The summed E-state index contributed by atoms with van der Waals surface area (Å²) in [5.41, 5.74) is 7.38. The normalized spacial score (nSPS) is 19.6. The van der Waals surface area contributed by atoms with Crippen LogP contribution in [0.2, 0.25) is 4.34 Å². The van der Waals surface area contributed by atoms with Gasteiger partial charge in [-0.1, -0.05) is 38.7 Å². The third kappa shape index (κ3) is 4.28. The van der Waals surface area contributed by atoms with Crippen LogP contribution in [0, 0.1) is 6.92 Å². The lowest BCUT2D eigenvalue weighted by Gasteiger charge is -2.50. The number of carbonyl (C=O) groups is 3. The molecule has 5 rings (SSSR count). The van der Waals surface area contributed by atoms with Crippen LogP contribution in [0.3, 0.4) is 0 Å². The van der Waals surface area contributed by atoms with E-state index in [9.17, 15) is 19.5 Å². The number of fused-ring (bicyclic) bond motifs is 2. The van der Waals surface area contributed by atoms with E-state index in [0.29, 0.717) is 11.3 Å². The number of pyridine rings is 1. The number of carboxylic acid groups (broad SMARTS) is 1. The van der Waals surface area contributed by atoms with Crippen molar-refractivity contribution in [2.24, 2.45) is 5.16 Å². The Balaban J connectivity index is 1.38. The lowest BCUT2D eigenvalue weighted by molar-refractivity contribution is -0.664. The zero-order valence-corrected chi connectivity index (χ0v) is 21.8. The minimum Gasteiger partial charge on any atom is -0.543 e. The molecule has 2 aliphatic heterocycles. The molecule has 16 heteroatoms. The van der Waals surface area contributed by atoms with E-state index in [-0.39, 0.29) is 33.1 Å². The van der Waals surface area contributed by atoms with Crippen LogP contribution in [0.25, 0.3) is 5.65 Å². The van der Waals surface area contributed by atoms with Crippen LogP contribution >= 0.6 is 34.7 Å². The number of thioether (sulfide) groups is 1. The lowest BCUT2D eigenvalue weighted by Crippen LogP contribution is -2.71. The van der Waals surface area contributed by atoms with Gasteiger partial charge in [0.15, 0.2) is 10.8 Å². The number of rotatable bonds is 7. The van der Waals surface area contributed by atoms with Crippen LogP contribution in [0.5, 0.6) is 0 Å². The van der Waals surface area contributed by atoms with Crippen molar-refractivity contribution in [2.75, 3.05) is 18.6 Å². The van der Waals surface area contributed by atoms with E-state index in [0.717, 1.165) is 27.6 Å². The van der Waals surface area contributed by atoms with E-state index in [1.807, 2.05) is 25.1 Å². The van der Waals surface area contributed by atoms with Crippen molar-refractivity contribution in [1.29, 1.82) is 0 Å². The Morgan fingerprint density at radius 1 is 1.43 bits per heavy atom. The summed E-state index contributed by atoms with van der Waals surface area (Å²) in [6.07, 6.45) is 1.60. The van der Waals surface area contributed by atoms with Crippen molar-refractivity contribution < 1.29 is 28.9 Å². The maximum Gasteiger partial charge on any atom is 0.276 e. The number of carbonyl (C=O) groups excluding carboxylic acids is 3. The molecule has 37 heavy (non-hydrogen) atoms. The number of halogens is 1. The molecule has 0 unspecified atom stereocenters. The van der Waals surface area contributed by atoms with Crippen molar-refractivity contribution >= 4 is 69.0 Å². The minimum absolute atomic E-state index is 0.0155. The van der Waals surface area contributed by atoms with Gasteiger partial charge in [-0.05, 0) is 18.6 Å². The zero-order valence-electron chi connectivity index (χ0n) is 19.4. The summed E-state index contributed by atoms with van der Waals surface area (Å²) < 4.78 is 3.66. The first-order chi connectivity index (χ1) is 17.7. The molecule has 0 saturated carbocycles. The summed E-state index contributed by atoms with van der Waals surface area (Å²) in [6.45, 7) is 2.11. The number of thiazole rings is 1. The molecule has 0 aliphatic carbocycles. The Morgan fingerprint density at radius 2 is 2.22 bits per heavy atom. The first-order valence-corrected chi connectivity index (χ1v) is 13.0. The fraction of sp³-hybridized carbons (Fsp3) is 0.286. The van der Waals surface area contributed by atoms with Gasteiger partial charge in [0.1, 0.15) is 34.2 Å². The number of anilines is 1. The molecule has 2 aliphatic rings. The van der Waals surface area contributed by atoms with E-state index in [1.54, 1.807) is 15.4 Å². The Bertz CT molecular complexity index is 1520. The summed E-state index contributed by atoms with van der Waals surface area (Å²) >= 11 is 8.39. The molecule has 3 aromatic rings. The number of β-lactam (4-membered cyclic amide) rings is 1. The van der Waals surface area contributed by atoms with Crippen LogP contribution in [0.4, 0.5) is 5.13 Å². The van der Waals surface area contributed by atoms with Crippen molar-refractivity contribution in [3.63, 3.8) is 0 Å². The molecule has 2 atom stereocenters. The molecule has 0 bridgehead atoms. The van der Waals surface area contributed by atoms with Crippen LogP contribution in [-0.4, -0.2) is 67.3 Å². The average Bonchev–Trinajstić information content (AvgIpc) is 3.43. The number of oxime groups is 1. The number of aromatic nitrogens is 4. The van der Waals surface area contributed by atoms with Gasteiger partial charge in [-0.25, -0.2) is 9.55 Å². The van der Waals surface area contributed by atoms with Gasteiger partial charge in [-0.3, -0.25) is 14.5 Å². The van der Waals surface area contributed by atoms with E-state index in [1.165, 1.54) is 18.9 Å². The van der Waals surface area contributed by atoms with Gasteiger partial charge in [0, 0.05) is 16.9 Å². The van der Waals surface area contributed by atoms with Gasteiger partial charge in [0.25, 0.3) is 23.8 Å². The molecular formula is C21H19ClN8O5S2. The molecule has 1 saturated heterocycles. The van der Waals surface area contributed by atoms with Gasteiger partial charge in [-0.2, -0.15) is 0 Å². The number of nitrogens with one attached hydrogen (secondary N) is 1. The second-order valence-corrected chi connectivity index (χ2v) is 10.8. The molecule has 0 spiro atoms. The fourth-order valence-corrected chi connectivity index (χ4v) is 6.48. The summed E-state index contributed by atoms with van der Waals surface area (Å²) in [4.78, 5) is 48.1. The third-order valence-corrected chi connectivity index (χ3v) is 8.27. The summed E-state index contributed by atoms with van der Waals surface area (Å²) in [5.74, 6) is -2.54. The van der Waals surface area contributed by atoms with Crippen LogP contribution in [0.1, 0.15) is 11.4 Å². The zero-order chi connectivity index (χ0) is 26.4. The Kier molecular flexibility index (Phi) is 6.51. The molecule has 1 fully saturated rings. The fourth-order valence-electron chi connectivity index (χ4n) is 4.21. The highest BCUT2D eigenvalue weighted by molar-refractivity contribution is 8.00. The van der Waals surface area contributed by atoms with Crippen LogP contribution in [0.15, 0.2) is 41.0 Å². The van der Waals surface area contributed by atoms with Crippen molar-refractivity contribution in [3.8, 4) is 0 Å². The topological polar surface area (TPSA) is 171 Å². The molecule has 13 nitrogen and oxygen atoms in total. The average molecular weight is 563 g/mol. The van der Waals surface area contributed by atoms with Crippen molar-refractivity contribution in [3.05, 3.63) is 51.5 Å². The Morgan fingerprint density at radius 3 is 2.89 bits per heavy atom. The molecule has 3 aromatic heterocycles. The number of amides is 2. The predicted molar refractivity (Wildman–Crippen MR) is 132 cm³/mol. The minimum atomic E-state index is -1.47. The number of hydrogen-bond donors (Lipinski definition) is 2. The highest BCUT2D eigenvalue weighted by atomic mass is 35.5. The van der Waals surface area contributed by atoms with Crippen LogP contribution in [-0.2, 0) is 25.8 Å². The van der Waals surface area contributed by atoms with Crippen molar-refractivity contribution in [2.45, 2.75) is 24.9 Å². The number of hydrogen-bond acceptors (Lipinski definition) is 11. The van der Waals surface area contributed by atoms with Gasteiger partial charge in [0.05, 0.1) is 18.2 Å². The van der Waals surface area contributed by atoms with Gasteiger partial charge < -0.3 is 25.8 Å².